The van der Waals surface area contributed by atoms with E-state index in [-0.39, 0.29) is 12.0 Å². The van der Waals surface area contributed by atoms with Crippen LogP contribution < -0.4 is 5.73 Å². The Bertz CT molecular complexity index is 419. The van der Waals surface area contributed by atoms with Crippen LogP contribution in [0.5, 0.6) is 11.5 Å². The lowest BCUT2D eigenvalue weighted by Gasteiger charge is -2.08. The van der Waals surface area contributed by atoms with E-state index in [1.165, 1.54) is 0 Å². The molecule has 0 aliphatic heterocycles. The summed E-state index contributed by atoms with van der Waals surface area (Å²) < 4.78 is 21.5. The van der Waals surface area contributed by atoms with Crippen LogP contribution in [0.1, 0.15) is 15.8 Å². The van der Waals surface area contributed by atoms with E-state index in [0.29, 0.717) is 0 Å². The molecular weight excluding hydrogens is 202 g/mol. The van der Waals surface area contributed by atoms with Gasteiger partial charge in [0.15, 0.2) is 11.5 Å². The second-order valence-corrected chi connectivity index (χ2v) is 2.30. The Hall–Kier alpha value is -1.79. The lowest BCUT2D eigenvalue weighted by molar-refractivity contribution is -0.122. The van der Waals surface area contributed by atoms with Crippen molar-refractivity contribution in [1.82, 2.24) is 0 Å². The lowest BCUT2D eigenvalue weighted by atomic mass is 10.1. The maximum absolute atomic E-state index is 9.51. The normalized spacial score (nSPS) is 17.1. The Labute approximate surface area is 90.4 Å². The van der Waals surface area contributed by atoms with Gasteiger partial charge in [0.05, 0.1) is 7.45 Å². The summed E-state index contributed by atoms with van der Waals surface area (Å²) in [7, 11) is 0. The largest absolute Gasteiger partial charge is 0.504 e. The highest BCUT2D eigenvalue weighted by atomic mass is 16.3. The van der Waals surface area contributed by atoms with Crippen LogP contribution in [-0.4, -0.2) is 33.4 Å². The number of aliphatic hydroxyl groups is 1. The van der Waals surface area contributed by atoms with Crippen molar-refractivity contribution in [2.45, 2.75) is 6.08 Å². The molecule has 6 N–H and O–H groups in total. The molecule has 6 nitrogen and oxygen atoms in total. The minimum atomic E-state index is -2.70. The molecule has 0 aliphatic rings. The molecule has 1 rings (SSSR count). The number of rotatable bonds is 2. The van der Waals surface area contributed by atoms with Gasteiger partial charge in [-0.2, -0.15) is 0 Å². The Kier molecular flexibility index (Phi) is 3.76. The van der Waals surface area contributed by atoms with Gasteiger partial charge in [0, 0.05) is 9.24 Å². The van der Waals surface area contributed by atoms with Crippen LogP contribution in [0.4, 0.5) is 0 Å². The summed E-state index contributed by atoms with van der Waals surface area (Å²) in [5.74, 6) is -0.977. The first kappa shape index (κ1) is 8.51. The Morgan fingerprint density at radius 3 is 2.47 bits per heavy atom. The summed E-state index contributed by atoms with van der Waals surface area (Å²) in [5.41, 5.74) is 4.74. The zero-order chi connectivity index (χ0) is 14.6. The van der Waals surface area contributed by atoms with Crippen molar-refractivity contribution in [1.29, 1.82) is 0 Å². The minimum Gasteiger partial charge on any atom is -0.504 e. The van der Waals surface area contributed by atoms with Gasteiger partial charge in [0.1, 0.15) is 0 Å². The summed E-state index contributed by atoms with van der Waals surface area (Å²) in [4.78, 5) is 8.36. The zero-order valence-electron chi connectivity index (χ0n) is 10.6. The Morgan fingerprint density at radius 2 is 2.07 bits per heavy atom. The maximum atomic E-state index is 9.51. The molecule has 0 fully saturated rings. The van der Waals surface area contributed by atoms with E-state index in [2.05, 4.69) is 0 Å². The summed E-state index contributed by atoms with van der Waals surface area (Å²) in [6.07, 6.45) is -2.70. The third-order valence-corrected chi connectivity index (χ3v) is 1.39. The van der Waals surface area contributed by atoms with Gasteiger partial charge in [-0.15, -0.1) is 0 Å². The van der Waals surface area contributed by atoms with Crippen molar-refractivity contribution in [3.8, 4) is 11.5 Å². The number of carboxylic acid groups (broad SMARTS) is 1. The number of benzene rings is 1. The van der Waals surface area contributed by atoms with Crippen LogP contribution in [0.2, 0.25) is 0 Å². The van der Waals surface area contributed by atoms with E-state index >= 15 is 0 Å². The van der Waals surface area contributed by atoms with Gasteiger partial charge in [-0.3, -0.25) is 4.79 Å². The number of nitrogens with two attached hydrogens (primary N) is 1. The van der Waals surface area contributed by atoms with Crippen LogP contribution in [0.25, 0.3) is 0 Å². The topological polar surface area (TPSA) is 124 Å². The first-order valence-corrected chi connectivity index (χ1v) is 3.69. The Balaban J connectivity index is 0.000000873. The molecule has 0 heterocycles. The predicted molar refractivity (Wildman–Crippen MR) is 52.5 cm³/mol. The van der Waals surface area contributed by atoms with E-state index < -0.39 is 24.1 Å². The number of hydrogen-bond acceptors (Lipinski definition) is 5. The lowest BCUT2D eigenvalue weighted by Crippen LogP contribution is -2.11. The second kappa shape index (κ2) is 6.63. The number of hydrogen-bond donors (Lipinski definition) is 5. The fourth-order valence-electron chi connectivity index (χ4n) is 0.754. The second-order valence-electron chi connectivity index (χ2n) is 2.30. The molecule has 0 radical (unpaired) electrons. The van der Waals surface area contributed by atoms with E-state index in [1.54, 1.807) is 0 Å². The van der Waals surface area contributed by atoms with E-state index in [0.717, 1.165) is 18.2 Å². The summed E-state index contributed by atoms with van der Waals surface area (Å²) in [5, 5.41) is 34.5. The molecule has 1 aromatic rings. The van der Waals surface area contributed by atoms with Gasteiger partial charge in [-0.1, -0.05) is 6.07 Å². The first-order chi connectivity index (χ1) is 8.07. The van der Waals surface area contributed by atoms with Crippen LogP contribution in [0.3, 0.4) is 0 Å². The molecule has 1 aromatic carbocycles. The number of phenolic OH excluding ortho intramolecular Hbond substituents is 2. The maximum Gasteiger partial charge on any atom is 0.290 e. The Morgan fingerprint density at radius 1 is 1.53 bits per heavy atom. The molecule has 84 valence electrons. The summed E-state index contributed by atoms with van der Waals surface area (Å²) in [6.45, 7) is -2.93. The van der Waals surface area contributed by atoms with Crippen molar-refractivity contribution in [3.63, 3.8) is 0 Å². The minimum absolute atomic E-state index is 0.245. The number of carbonyl (C=O) groups is 1. The monoisotopic (exact) mass is 218 g/mol. The molecule has 0 saturated carbocycles. The summed E-state index contributed by atoms with van der Waals surface area (Å²) in [6, 6.07) is 3.02. The first-order valence-electron chi connectivity index (χ1n) is 5.19. The standard InChI is InChI=1S/C8H11NO3.CH2O2/c9-4-8(12)5-1-2-6(10)7(11)3-5;2-1-3/h1-3,8,10-12H,4,9H2;1H,(H,2,3)/i4D2,8D;. The quantitative estimate of drug-likeness (QED) is 0.345. The molecule has 0 saturated heterocycles. The molecule has 6 heteroatoms. The molecule has 1 atom stereocenters. The SMILES string of the molecule is O=CO.[2H]C([2H])(N)C([2H])(O)c1ccc(O)c(O)c1. The van der Waals surface area contributed by atoms with Gasteiger partial charge < -0.3 is 26.2 Å². The fourth-order valence-corrected chi connectivity index (χ4v) is 0.754. The number of phenols is 2. The predicted octanol–water partition coefficient (Wildman–Crippen LogP) is -0.209. The van der Waals surface area contributed by atoms with Crippen LogP contribution in [-0.2, 0) is 4.79 Å². The average Bonchev–Trinajstić information content (AvgIpc) is 2.21. The van der Waals surface area contributed by atoms with Gasteiger partial charge in [0.2, 0.25) is 0 Å². The van der Waals surface area contributed by atoms with Crippen LogP contribution >= 0.6 is 0 Å². The van der Waals surface area contributed by atoms with Crippen molar-refractivity contribution < 1.29 is 29.3 Å². The third kappa shape index (κ3) is 4.30. The average molecular weight is 218 g/mol. The molecule has 0 amide bonds. The highest BCUT2D eigenvalue weighted by molar-refractivity contribution is 5.41. The smallest absolute Gasteiger partial charge is 0.290 e. The highest BCUT2D eigenvalue weighted by Crippen LogP contribution is 2.27. The molecule has 0 aromatic heterocycles. The molecule has 0 spiro atoms. The van der Waals surface area contributed by atoms with Crippen LogP contribution in [0, 0.1) is 0 Å². The van der Waals surface area contributed by atoms with E-state index in [4.69, 9.17) is 30.0 Å². The molecular formula is C9H13NO5. The molecule has 1 unspecified atom stereocenters. The van der Waals surface area contributed by atoms with E-state index in [9.17, 15) is 5.11 Å². The van der Waals surface area contributed by atoms with Crippen LogP contribution in [0.15, 0.2) is 18.2 Å². The van der Waals surface area contributed by atoms with Gasteiger partial charge in [-0.25, -0.2) is 0 Å². The fraction of sp³-hybridized carbons (Fsp3) is 0.222. The highest BCUT2D eigenvalue weighted by Gasteiger charge is 2.07. The van der Waals surface area contributed by atoms with Crippen molar-refractivity contribution in [2.24, 2.45) is 5.73 Å². The van der Waals surface area contributed by atoms with Gasteiger partial charge in [0.25, 0.3) is 6.47 Å². The number of aromatic hydroxyl groups is 2. The zero-order valence-corrected chi connectivity index (χ0v) is 7.58. The van der Waals surface area contributed by atoms with Crippen molar-refractivity contribution >= 4 is 6.47 Å². The van der Waals surface area contributed by atoms with Gasteiger partial charge in [-0.05, 0) is 17.7 Å². The van der Waals surface area contributed by atoms with Crippen molar-refractivity contribution in [2.75, 3.05) is 6.50 Å². The molecule has 0 bridgehead atoms. The summed E-state index contributed by atoms with van der Waals surface area (Å²) >= 11 is 0. The van der Waals surface area contributed by atoms with Gasteiger partial charge >= 0.3 is 0 Å². The van der Waals surface area contributed by atoms with E-state index in [1.807, 2.05) is 0 Å². The molecule has 0 aliphatic carbocycles. The molecule has 15 heavy (non-hydrogen) atoms. The third-order valence-electron chi connectivity index (χ3n) is 1.39. The van der Waals surface area contributed by atoms with Crippen molar-refractivity contribution in [3.05, 3.63) is 23.8 Å².